The van der Waals surface area contributed by atoms with Crippen molar-refractivity contribution in [2.24, 2.45) is 0 Å². The highest BCUT2D eigenvalue weighted by Crippen LogP contribution is 2.45. The molecule has 0 amide bonds. The van der Waals surface area contributed by atoms with Gasteiger partial charge < -0.3 is 10.8 Å². The molecule has 140 valence electrons. The minimum absolute atomic E-state index is 0.117. The highest BCUT2D eigenvalue weighted by atomic mass is 16.3. The van der Waals surface area contributed by atoms with Gasteiger partial charge in [0.05, 0.1) is 0 Å². The van der Waals surface area contributed by atoms with Crippen LogP contribution in [0, 0.1) is 6.92 Å². The summed E-state index contributed by atoms with van der Waals surface area (Å²) in [6.45, 7) is 4.14. The van der Waals surface area contributed by atoms with Gasteiger partial charge in [-0.2, -0.15) is 0 Å². The van der Waals surface area contributed by atoms with Crippen LogP contribution < -0.4 is 5.73 Å². The number of rotatable bonds is 7. The van der Waals surface area contributed by atoms with Crippen LogP contribution in [-0.2, 0) is 5.60 Å². The molecule has 0 aliphatic rings. The average Bonchev–Trinajstić information content (AvgIpc) is 2.72. The van der Waals surface area contributed by atoms with Gasteiger partial charge in [-0.3, -0.25) is 0 Å². The van der Waals surface area contributed by atoms with Gasteiger partial charge in [0, 0.05) is 12.1 Å². The maximum absolute atomic E-state index is 12.2. The minimum Gasteiger partial charge on any atom is -0.383 e. The van der Waals surface area contributed by atoms with Crippen molar-refractivity contribution in [3.8, 4) is 0 Å². The predicted molar refractivity (Wildman–Crippen MR) is 112 cm³/mol. The molecule has 0 bridgehead atoms. The normalized spacial score (nSPS) is 12.7. The second-order valence-corrected chi connectivity index (χ2v) is 7.16. The summed E-state index contributed by atoms with van der Waals surface area (Å²) < 4.78 is 0. The van der Waals surface area contributed by atoms with Crippen molar-refractivity contribution in [2.75, 3.05) is 5.73 Å². The maximum Gasteiger partial charge on any atom is 0.126 e. The number of nitrogen functional groups attached to an aromatic ring is 1. The van der Waals surface area contributed by atoms with Crippen molar-refractivity contribution in [2.45, 2.75) is 44.6 Å². The molecule has 0 saturated heterocycles. The van der Waals surface area contributed by atoms with Gasteiger partial charge in [-0.15, -0.1) is 0 Å². The third kappa shape index (κ3) is 3.88. The second kappa shape index (κ2) is 8.36. The van der Waals surface area contributed by atoms with E-state index >= 15 is 0 Å². The molecule has 3 nitrogen and oxygen atoms in total. The van der Waals surface area contributed by atoms with Crippen LogP contribution in [-0.4, -0.2) is 10.1 Å². The number of benzene rings is 2. The topological polar surface area (TPSA) is 59.1 Å². The van der Waals surface area contributed by atoms with Crippen molar-refractivity contribution >= 4 is 5.82 Å². The van der Waals surface area contributed by atoms with E-state index in [0.29, 0.717) is 5.82 Å². The average molecular weight is 361 g/mol. The number of hydrogen-bond donors (Lipinski definition) is 2. The van der Waals surface area contributed by atoms with Gasteiger partial charge in [0.1, 0.15) is 11.4 Å². The highest BCUT2D eigenvalue weighted by Gasteiger charge is 2.40. The fourth-order valence-corrected chi connectivity index (χ4v) is 3.78. The molecular weight excluding hydrogens is 332 g/mol. The van der Waals surface area contributed by atoms with Gasteiger partial charge in [0.2, 0.25) is 0 Å². The molecule has 2 aromatic carbocycles. The standard InChI is InChI=1S/C24H28N2O/c1-3-4-15-22(19-16-18(2)23(25)26-17-19)24(27,20-11-7-5-8-12-20)21-13-9-6-10-14-21/h5-14,16-17,22,27H,3-4,15H2,1-2H3,(H2,25,26). The smallest absolute Gasteiger partial charge is 0.126 e. The fraction of sp³-hybridized carbons (Fsp3) is 0.292. The lowest BCUT2D eigenvalue weighted by Crippen LogP contribution is -2.35. The molecule has 3 rings (SSSR count). The molecule has 0 aliphatic carbocycles. The molecule has 3 aromatic rings. The lowest BCUT2D eigenvalue weighted by atomic mass is 9.71. The van der Waals surface area contributed by atoms with Crippen LogP contribution in [0.25, 0.3) is 0 Å². The number of nitrogens with zero attached hydrogens (tertiary/aromatic N) is 1. The molecular formula is C24H28N2O. The number of aromatic nitrogens is 1. The zero-order valence-electron chi connectivity index (χ0n) is 16.1. The van der Waals surface area contributed by atoms with Crippen molar-refractivity contribution in [1.29, 1.82) is 0 Å². The van der Waals surface area contributed by atoms with Crippen LogP contribution in [0.3, 0.4) is 0 Å². The predicted octanol–water partition coefficient (Wildman–Crippen LogP) is 5.18. The molecule has 27 heavy (non-hydrogen) atoms. The first-order valence-electron chi connectivity index (χ1n) is 9.62. The van der Waals surface area contributed by atoms with E-state index < -0.39 is 5.60 Å². The summed E-state index contributed by atoms with van der Waals surface area (Å²) in [4.78, 5) is 4.38. The van der Waals surface area contributed by atoms with Crippen molar-refractivity contribution in [3.05, 3.63) is 95.2 Å². The molecule has 1 heterocycles. The van der Waals surface area contributed by atoms with Gasteiger partial charge in [0.25, 0.3) is 0 Å². The van der Waals surface area contributed by atoms with Gasteiger partial charge in [-0.05, 0) is 35.6 Å². The Bertz CT molecular complexity index is 823. The van der Waals surface area contributed by atoms with Crippen molar-refractivity contribution in [1.82, 2.24) is 4.98 Å². The van der Waals surface area contributed by atoms with E-state index in [1.807, 2.05) is 73.8 Å². The molecule has 0 spiro atoms. The fourth-order valence-electron chi connectivity index (χ4n) is 3.78. The monoisotopic (exact) mass is 360 g/mol. The first kappa shape index (κ1) is 19.1. The Kier molecular flexibility index (Phi) is 5.92. The van der Waals surface area contributed by atoms with Crippen LogP contribution in [0.5, 0.6) is 0 Å². The highest BCUT2D eigenvalue weighted by molar-refractivity contribution is 5.45. The van der Waals surface area contributed by atoms with Crippen LogP contribution in [0.2, 0.25) is 0 Å². The van der Waals surface area contributed by atoms with Crippen LogP contribution >= 0.6 is 0 Å². The SMILES string of the molecule is CCCCC(c1cnc(N)c(C)c1)C(O)(c1ccccc1)c1ccccc1. The number of unbranched alkanes of at least 4 members (excludes halogenated alkanes) is 1. The van der Waals surface area contributed by atoms with E-state index in [1.54, 1.807) is 0 Å². The second-order valence-electron chi connectivity index (χ2n) is 7.16. The lowest BCUT2D eigenvalue weighted by molar-refractivity contribution is 0.0450. The number of aliphatic hydroxyl groups is 1. The summed E-state index contributed by atoms with van der Waals surface area (Å²) in [7, 11) is 0. The number of aryl methyl sites for hydroxylation is 1. The Morgan fingerprint density at radius 1 is 1.00 bits per heavy atom. The summed E-state index contributed by atoms with van der Waals surface area (Å²) in [5.74, 6) is 0.421. The Morgan fingerprint density at radius 2 is 1.56 bits per heavy atom. The van der Waals surface area contributed by atoms with E-state index in [2.05, 4.69) is 18.0 Å². The number of pyridine rings is 1. The van der Waals surface area contributed by atoms with E-state index in [1.165, 1.54) is 0 Å². The van der Waals surface area contributed by atoms with E-state index in [0.717, 1.165) is 41.5 Å². The zero-order valence-corrected chi connectivity index (χ0v) is 16.1. The Balaban J connectivity index is 2.20. The summed E-state index contributed by atoms with van der Waals surface area (Å²) >= 11 is 0. The summed E-state index contributed by atoms with van der Waals surface area (Å²) in [6, 6.07) is 22.0. The van der Waals surface area contributed by atoms with Crippen LogP contribution in [0.15, 0.2) is 72.9 Å². The Hall–Kier alpha value is -2.65. The largest absolute Gasteiger partial charge is 0.383 e. The van der Waals surface area contributed by atoms with Crippen LogP contribution in [0.4, 0.5) is 5.82 Å². The third-order valence-corrected chi connectivity index (χ3v) is 5.32. The molecule has 3 heteroatoms. The molecule has 0 saturated carbocycles. The minimum atomic E-state index is -1.14. The Morgan fingerprint density at radius 3 is 2.04 bits per heavy atom. The molecule has 1 atom stereocenters. The Labute approximate surface area is 161 Å². The van der Waals surface area contributed by atoms with Gasteiger partial charge in [-0.1, -0.05) is 86.5 Å². The maximum atomic E-state index is 12.2. The van der Waals surface area contributed by atoms with E-state index in [4.69, 9.17) is 5.73 Å². The number of nitrogens with two attached hydrogens (primary N) is 1. The summed E-state index contributed by atoms with van der Waals surface area (Å²) in [5.41, 5.74) is 8.56. The van der Waals surface area contributed by atoms with Crippen molar-refractivity contribution in [3.63, 3.8) is 0 Å². The van der Waals surface area contributed by atoms with Gasteiger partial charge >= 0.3 is 0 Å². The van der Waals surface area contributed by atoms with Crippen LogP contribution in [0.1, 0.15) is 54.4 Å². The lowest BCUT2D eigenvalue weighted by Gasteiger charge is -2.38. The zero-order chi connectivity index (χ0) is 19.3. The van der Waals surface area contributed by atoms with E-state index in [-0.39, 0.29) is 5.92 Å². The quantitative estimate of drug-likeness (QED) is 0.610. The first-order chi connectivity index (χ1) is 13.1. The van der Waals surface area contributed by atoms with Gasteiger partial charge in [-0.25, -0.2) is 4.98 Å². The molecule has 0 aliphatic heterocycles. The summed E-state index contributed by atoms with van der Waals surface area (Å²) in [5, 5.41) is 12.2. The third-order valence-electron chi connectivity index (χ3n) is 5.32. The number of hydrogen-bond acceptors (Lipinski definition) is 3. The molecule has 3 N–H and O–H groups in total. The molecule has 0 fully saturated rings. The summed E-state index contributed by atoms with van der Waals surface area (Å²) in [6.07, 6.45) is 4.77. The number of anilines is 1. The first-order valence-corrected chi connectivity index (χ1v) is 9.62. The molecule has 1 unspecified atom stereocenters. The van der Waals surface area contributed by atoms with Gasteiger partial charge in [0.15, 0.2) is 0 Å². The van der Waals surface area contributed by atoms with E-state index in [9.17, 15) is 5.11 Å². The molecule has 0 radical (unpaired) electrons. The molecule has 1 aromatic heterocycles. The van der Waals surface area contributed by atoms with Crippen molar-refractivity contribution < 1.29 is 5.11 Å².